The van der Waals surface area contributed by atoms with Crippen molar-refractivity contribution in [1.29, 1.82) is 0 Å². The molecule has 58 heavy (non-hydrogen) atoms. The van der Waals surface area contributed by atoms with E-state index in [0.717, 1.165) is 24.0 Å². The van der Waals surface area contributed by atoms with Crippen molar-refractivity contribution < 1.29 is 42.1 Å². The van der Waals surface area contributed by atoms with E-state index in [0.29, 0.717) is 22.2 Å². The molecule has 2 atom stereocenters. The van der Waals surface area contributed by atoms with E-state index in [1.165, 1.54) is 60.1 Å². The Morgan fingerprint density at radius 3 is 1.64 bits per heavy atom. The molecule has 2 rings (SSSR count). The Hall–Kier alpha value is -3.59. The van der Waals surface area contributed by atoms with Gasteiger partial charge in [0, 0.05) is 12.2 Å². The van der Waals surface area contributed by atoms with Gasteiger partial charge in [0.2, 0.25) is 0 Å². The number of nitrogens with zero attached hydrogens (tertiary/aromatic N) is 1. The van der Waals surface area contributed by atoms with E-state index in [4.69, 9.17) is 18.5 Å². The van der Waals surface area contributed by atoms with Crippen LogP contribution in [-0.2, 0) is 32.7 Å². The van der Waals surface area contributed by atoms with Crippen LogP contribution in [0.3, 0.4) is 0 Å². The maximum Gasteiger partial charge on any atom is 0.472 e. The number of esters is 2. The normalized spacial score (nSPS) is 20.4. The number of rotatable bonds is 20. The van der Waals surface area contributed by atoms with Gasteiger partial charge in [-0.15, -0.1) is 0 Å². The van der Waals surface area contributed by atoms with Crippen molar-refractivity contribution in [3.63, 3.8) is 0 Å². The highest BCUT2D eigenvalue weighted by Crippen LogP contribution is 2.44. The number of phosphoric acid groups is 1. The molecule has 9 nitrogen and oxygen atoms in total. The molecule has 0 amide bonds. The molecule has 0 bridgehead atoms. The molecule has 0 saturated heterocycles. The van der Waals surface area contributed by atoms with Crippen molar-refractivity contribution in [3.8, 4) is 0 Å². The third kappa shape index (κ3) is 19.9. The number of quaternary nitrogens is 1. The third-order valence-corrected chi connectivity index (χ3v) is 11.4. The number of phosphoric ester groups is 1. The molecular formula is C48H73NO8P+. The molecule has 0 aromatic carbocycles. The van der Waals surface area contributed by atoms with Gasteiger partial charge in [0.05, 0.1) is 27.7 Å². The predicted molar refractivity (Wildman–Crippen MR) is 238 cm³/mol. The molecular weight excluding hydrogens is 750 g/mol. The minimum Gasteiger partial charge on any atom is -0.458 e. The Morgan fingerprint density at radius 1 is 0.724 bits per heavy atom. The molecule has 0 radical (unpaired) electrons. The second-order valence-electron chi connectivity index (χ2n) is 18.1. The first-order chi connectivity index (χ1) is 26.9. The van der Waals surface area contributed by atoms with Gasteiger partial charge in [-0.3, -0.25) is 9.05 Å². The number of likely N-dealkylation sites (N-methyl/N-ethyl adjacent to an activating group) is 1. The van der Waals surface area contributed by atoms with Gasteiger partial charge in [0.15, 0.2) is 6.10 Å². The summed E-state index contributed by atoms with van der Waals surface area (Å²) in [5.74, 6) is -1.39. The van der Waals surface area contributed by atoms with Crippen molar-refractivity contribution in [2.24, 2.45) is 10.8 Å². The van der Waals surface area contributed by atoms with Crippen molar-refractivity contribution >= 4 is 19.8 Å². The summed E-state index contributed by atoms with van der Waals surface area (Å²) < 4.78 is 34.4. The molecule has 322 valence electrons. The number of hydrogen-bond donors (Lipinski definition) is 1. The van der Waals surface area contributed by atoms with Crippen molar-refractivity contribution in [1.82, 2.24) is 0 Å². The van der Waals surface area contributed by atoms with Gasteiger partial charge < -0.3 is 18.9 Å². The molecule has 0 spiro atoms. The zero-order valence-electron chi connectivity index (χ0n) is 37.8. The average molecular weight is 823 g/mol. The summed E-state index contributed by atoms with van der Waals surface area (Å²) in [4.78, 5) is 36.0. The SMILES string of the molecule is CC1=C(/C=C/C(C)=C/C=C/C(C)=C/C(=O)OCC(COP(=O)(O)OCC[N+](C)(C)C)OC(=O)/C=C(C)/C=C/C=C(C)/C=C/C2=C(C)CCCC2(C)C)C(C)(C)CCC1. The number of ether oxygens (including phenoxy) is 2. The first-order valence-electron chi connectivity index (χ1n) is 20.5. The van der Waals surface area contributed by atoms with Crippen molar-refractivity contribution in [3.05, 3.63) is 117 Å². The average Bonchev–Trinajstić information content (AvgIpc) is 3.07. The summed E-state index contributed by atoms with van der Waals surface area (Å²) in [6.45, 7) is 20.7. The second-order valence-corrected chi connectivity index (χ2v) is 19.6. The van der Waals surface area contributed by atoms with Crippen LogP contribution in [0, 0.1) is 10.8 Å². The summed E-state index contributed by atoms with van der Waals surface area (Å²) in [5.41, 5.74) is 9.41. The fraction of sp³-hybridized carbons (Fsp3) is 0.542. The van der Waals surface area contributed by atoms with Crippen LogP contribution in [0.4, 0.5) is 0 Å². The summed E-state index contributed by atoms with van der Waals surface area (Å²) in [6, 6.07) is 0. The van der Waals surface area contributed by atoms with Crippen LogP contribution >= 0.6 is 7.82 Å². The van der Waals surface area contributed by atoms with E-state index in [2.05, 4.69) is 65.8 Å². The molecule has 2 unspecified atom stereocenters. The van der Waals surface area contributed by atoms with Gasteiger partial charge in [0.1, 0.15) is 19.8 Å². The number of allylic oxidation sites excluding steroid dienone is 18. The van der Waals surface area contributed by atoms with Gasteiger partial charge in [-0.1, -0.05) is 111 Å². The summed E-state index contributed by atoms with van der Waals surface area (Å²) >= 11 is 0. The number of hydrogen-bond acceptors (Lipinski definition) is 7. The lowest BCUT2D eigenvalue weighted by atomic mass is 9.72. The maximum atomic E-state index is 13.0. The van der Waals surface area contributed by atoms with Gasteiger partial charge in [-0.2, -0.15) is 0 Å². The van der Waals surface area contributed by atoms with E-state index in [1.54, 1.807) is 26.0 Å². The summed E-state index contributed by atoms with van der Waals surface area (Å²) in [5, 5.41) is 0. The Kier molecular flexibility index (Phi) is 20.3. The zero-order valence-corrected chi connectivity index (χ0v) is 38.7. The monoisotopic (exact) mass is 823 g/mol. The first kappa shape index (κ1) is 50.6. The van der Waals surface area contributed by atoms with Crippen molar-refractivity contribution in [2.45, 2.75) is 114 Å². The van der Waals surface area contributed by atoms with E-state index >= 15 is 0 Å². The minimum atomic E-state index is -4.48. The Labute approximate surface area is 350 Å². The Morgan fingerprint density at radius 2 is 1.19 bits per heavy atom. The largest absolute Gasteiger partial charge is 0.472 e. The topological polar surface area (TPSA) is 108 Å². The van der Waals surface area contributed by atoms with E-state index in [-0.39, 0.29) is 17.4 Å². The van der Waals surface area contributed by atoms with Crippen LogP contribution < -0.4 is 0 Å². The quantitative estimate of drug-likeness (QED) is 0.0425. The van der Waals surface area contributed by atoms with Gasteiger partial charge >= 0.3 is 19.8 Å². The number of carbonyl (C=O) groups excluding carboxylic acids is 2. The van der Waals surface area contributed by atoms with Crippen molar-refractivity contribution in [2.75, 3.05) is 47.5 Å². The van der Waals surface area contributed by atoms with E-state index in [9.17, 15) is 19.0 Å². The molecule has 0 fully saturated rings. The molecule has 2 aliphatic rings. The van der Waals surface area contributed by atoms with E-state index in [1.807, 2.05) is 59.3 Å². The van der Waals surface area contributed by atoms with Crippen LogP contribution in [0.15, 0.2) is 117 Å². The lowest BCUT2D eigenvalue weighted by Crippen LogP contribution is -2.37. The minimum absolute atomic E-state index is 0.0251. The van der Waals surface area contributed by atoms with Gasteiger partial charge in [-0.25, -0.2) is 14.2 Å². The molecule has 1 N–H and O–H groups in total. The lowest BCUT2D eigenvalue weighted by Gasteiger charge is -2.33. The standard InChI is InChI=1S/C48H72NO8P/c1-36(24-26-43-40(5)22-16-28-47(43,7)8)18-14-20-38(3)32-45(50)54-34-42(35-56-58(52,53)55-31-30-49(11,12)13)57-46(51)33-39(4)21-15-19-37(2)25-27-44-41(6)23-17-29-48(44,9)10/h14-15,18-21,24-27,32-33,42H,16-17,22-23,28-31,34-35H2,1-13H3/p+1/b20-14+,21-15+,26-24+,27-25+,36-18+,37-19+,38-32+,39-33+. The van der Waals surface area contributed by atoms with Gasteiger partial charge in [0.25, 0.3) is 0 Å². The van der Waals surface area contributed by atoms with E-state index < -0.39 is 39.1 Å². The van der Waals surface area contributed by atoms with Crippen LogP contribution in [-0.4, -0.2) is 74.9 Å². The van der Waals surface area contributed by atoms with Gasteiger partial charge in [-0.05, 0) is 113 Å². The second kappa shape index (κ2) is 23.3. The maximum absolute atomic E-state index is 13.0. The predicted octanol–water partition coefficient (Wildman–Crippen LogP) is 11.3. The molecule has 0 aromatic rings. The first-order valence-corrected chi connectivity index (χ1v) is 22.0. The number of carbonyl (C=O) groups is 2. The summed E-state index contributed by atoms with van der Waals surface area (Å²) in [6.07, 6.45) is 28.4. The summed E-state index contributed by atoms with van der Waals surface area (Å²) in [7, 11) is 1.28. The highest BCUT2D eigenvalue weighted by molar-refractivity contribution is 7.47. The lowest BCUT2D eigenvalue weighted by molar-refractivity contribution is -0.870. The van der Waals surface area contributed by atoms with Crippen LogP contribution in [0.5, 0.6) is 0 Å². The molecule has 0 aliphatic heterocycles. The van der Waals surface area contributed by atoms with Crippen LogP contribution in [0.2, 0.25) is 0 Å². The molecule has 10 heteroatoms. The zero-order chi connectivity index (χ0) is 43.7. The molecule has 0 aromatic heterocycles. The highest BCUT2D eigenvalue weighted by Gasteiger charge is 2.28. The van der Waals surface area contributed by atoms with Crippen LogP contribution in [0.1, 0.15) is 108 Å². The molecule has 2 aliphatic carbocycles. The fourth-order valence-corrected chi connectivity index (χ4v) is 7.65. The Bertz CT molecular complexity index is 1800. The molecule has 0 heterocycles. The smallest absolute Gasteiger partial charge is 0.458 e. The third-order valence-electron chi connectivity index (χ3n) is 10.4. The molecule has 0 saturated carbocycles. The highest BCUT2D eigenvalue weighted by atomic mass is 31.2. The fourth-order valence-electron chi connectivity index (χ4n) is 6.91. The Balaban J connectivity index is 2.09. The van der Waals surface area contributed by atoms with Crippen LogP contribution in [0.25, 0.3) is 0 Å².